The molecule has 1 fully saturated rings. The summed E-state index contributed by atoms with van der Waals surface area (Å²) < 4.78 is 15.4. The van der Waals surface area contributed by atoms with Gasteiger partial charge < -0.3 is 9.47 Å². The molecule has 0 spiro atoms. The second-order valence-corrected chi connectivity index (χ2v) is 10.3. The smallest absolute Gasteiger partial charge is 0.302 e. The molecule has 5 atom stereocenters. The fraction of sp³-hybridized carbons (Fsp3) is 0.500. The number of hydrogen-bond donors (Lipinski definition) is 0. The highest BCUT2D eigenvalue weighted by Gasteiger charge is 2.44. The average Bonchev–Trinajstić information content (AvgIpc) is 3.05. The summed E-state index contributed by atoms with van der Waals surface area (Å²) in [6, 6.07) is 1.96. The minimum Gasteiger partial charge on any atom is -0.463 e. The maximum atomic E-state index is 11.3. The molecule has 1 saturated heterocycles. The summed E-state index contributed by atoms with van der Waals surface area (Å²) in [5.74, 6) is -0.0522. The van der Waals surface area contributed by atoms with Gasteiger partial charge in [0.25, 0.3) is 0 Å². The Morgan fingerprint density at radius 3 is 2.82 bits per heavy atom. The molecule has 1 aliphatic rings. The van der Waals surface area contributed by atoms with E-state index in [1.165, 1.54) is 6.92 Å². The number of esters is 1. The third-order valence-electron chi connectivity index (χ3n) is 4.75. The van der Waals surface area contributed by atoms with Crippen LogP contribution in [0.2, 0.25) is 5.02 Å². The SMILES string of the molecule is CC(=O)OCC1O[C@H](Sc2cc(Cl)cnc2Br)C(C)[C@@H](n2cc(I)cn2)[C@H]1C. The third-order valence-corrected chi connectivity index (χ3v) is 7.74. The molecule has 2 aromatic heterocycles. The van der Waals surface area contributed by atoms with E-state index in [1.807, 2.05) is 23.1 Å². The number of carbonyl (C=O) groups is 1. The van der Waals surface area contributed by atoms with Gasteiger partial charge in [0.05, 0.1) is 26.9 Å². The van der Waals surface area contributed by atoms with Gasteiger partial charge in [0, 0.05) is 36.0 Å². The summed E-state index contributed by atoms with van der Waals surface area (Å²) in [5.41, 5.74) is -0.180. The Morgan fingerprint density at radius 1 is 1.43 bits per heavy atom. The van der Waals surface area contributed by atoms with Crippen molar-refractivity contribution in [3.8, 4) is 0 Å². The zero-order chi connectivity index (χ0) is 20.4. The predicted molar refractivity (Wildman–Crippen MR) is 120 cm³/mol. The van der Waals surface area contributed by atoms with Gasteiger partial charge in [0.2, 0.25) is 0 Å². The number of nitrogens with zero attached hydrogens (tertiary/aromatic N) is 3. The monoisotopic (exact) mass is 599 g/mol. The van der Waals surface area contributed by atoms with Crippen molar-refractivity contribution in [2.75, 3.05) is 6.61 Å². The standard InChI is InChI=1S/C18H20BrClIN3O3S/c1-9-14(8-26-11(3)25)27-18(28-15-4-12(20)5-22-17(15)19)10(2)16(9)24-7-13(21)6-23-24/h4-7,9-10,14,16,18H,8H2,1-3H3/t9-,10?,14?,16-,18+/m0/s1. The van der Waals surface area contributed by atoms with E-state index in [9.17, 15) is 4.79 Å². The van der Waals surface area contributed by atoms with Crippen molar-refractivity contribution in [2.45, 2.75) is 43.2 Å². The minimum absolute atomic E-state index is 0.0984. The molecule has 0 aliphatic carbocycles. The second kappa shape index (κ2) is 9.63. The van der Waals surface area contributed by atoms with E-state index in [2.05, 4.69) is 62.5 Å². The Kier molecular flexibility index (Phi) is 7.68. The molecule has 0 bridgehead atoms. The molecular formula is C18H20BrClIN3O3S. The zero-order valence-corrected chi connectivity index (χ0v) is 20.8. The average molecular weight is 601 g/mol. The lowest BCUT2D eigenvalue weighted by molar-refractivity contribution is -0.156. The highest BCUT2D eigenvalue weighted by molar-refractivity contribution is 14.1. The topological polar surface area (TPSA) is 66.2 Å². The molecule has 0 saturated carbocycles. The first-order valence-electron chi connectivity index (χ1n) is 8.72. The van der Waals surface area contributed by atoms with Crippen LogP contribution in [0.1, 0.15) is 26.8 Å². The highest BCUT2D eigenvalue weighted by atomic mass is 127. The van der Waals surface area contributed by atoms with Gasteiger partial charge in [-0.3, -0.25) is 9.48 Å². The number of halogens is 3. The summed E-state index contributed by atoms with van der Waals surface area (Å²) in [4.78, 5) is 16.5. The van der Waals surface area contributed by atoms with E-state index in [0.717, 1.165) is 13.1 Å². The molecule has 2 unspecified atom stereocenters. The van der Waals surface area contributed by atoms with Gasteiger partial charge >= 0.3 is 5.97 Å². The molecular weight excluding hydrogens is 581 g/mol. The lowest BCUT2D eigenvalue weighted by Gasteiger charge is -2.44. The molecule has 152 valence electrons. The Morgan fingerprint density at radius 2 is 2.18 bits per heavy atom. The van der Waals surface area contributed by atoms with E-state index in [0.29, 0.717) is 5.02 Å². The van der Waals surface area contributed by atoms with E-state index in [1.54, 1.807) is 18.0 Å². The van der Waals surface area contributed by atoms with Crippen LogP contribution >= 0.6 is 61.9 Å². The molecule has 3 rings (SSSR count). The summed E-state index contributed by atoms with van der Waals surface area (Å²) in [6.07, 6.45) is 5.23. The van der Waals surface area contributed by atoms with Crippen LogP contribution in [0.15, 0.2) is 34.2 Å². The van der Waals surface area contributed by atoms with Gasteiger partial charge in [-0.15, -0.1) is 0 Å². The number of rotatable bonds is 5. The van der Waals surface area contributed by atoms with E-state index < -0.39 is 0 Å². The molecule has 2 aromatic rings. The van der Waals surface area contributed by atoms with E-state index in [-0.39, 0.29) is 42.0 Å². The van der Waals surface area contributed by atoms with Gasteiger partial charge in [0.1, 0.15) is 16.6 Å². The summed E-state index contributed by atoms with van der Waals surface area (Å²) >= 11 is 13.4. The number of aromatic nitrogens is 3. The summed E-state index contributed by atoms with van der Waals surface area (Å²) in [5, 5.41) is 5.10. The van der Waals surface area contributed by atoms with Crippen LogP contribution < -0.4 is 0 Å². The Bertz CT molecular complexity index is 855. The van der Waals surface area contributed by atoms with Crippen LogP contribution in [-0.4, -0.2) is 38.9 Å². The molecule has 6 nitrogen and oxygen atoms in total. The summed E-state index contributed by atoms with van der Waals surface area (Å²) in [7, 11) is 0. The Labute approximate surface area is 195 Å². The van der Waals surface area contributed by atoms with E-state index >= 15 is 0 Å². The Balaban J connectivity index is 1.89. The number of pyridine rings is 1. The fourth-order valence-corrected chi connectivity index (χ4v) is 5.68. The third kappa shape index (κ3) is 5.21. The lowest BCUT2D eigenvalue weighted by atomic mass is 9.84. The quantitative estimate of drug-likeness (QED) is 0.267. The van der Waals surface area contributed by atoms with Crippen LogP contribution in [0.3, 0.4) is 0 Å². The van der Waals surface area contributed by atoms with Gasteiger partial charge in [-0.25, -0.2) is 4.98 Å². The first-order chi connectivity index (χ1) is 13.3. The van der Waals surface area contributed by atoms with Gasteiger partial charge in [-0.2, -0.15) is 5.10 Å². The van der Waals surface area contributed by atoms with Crippen molar-refractivity contribution < 1.29 is 14.3 Å². The van der Waals surface area contributed by atoms with Crippen molar-refractivity contribution in [1.29, 1.82) is 0 Å². The van der Waals surface area contributed by atoms with Crippen molar-refractivity contribution in [3.63, 3.8) is 0 Å². The lowest BCUT2D eigenvalue weighted by Crippen LogP contribution is -2.47. The maximum Gasteiger partial charge on any atom is 0.302 e. The van der Waals surface area contributed by atoms with Gasteiger partial charge in [0.15, 0.2) is 0 Å². The van der Waals surface area contributed by atoms with Crippen molar-refractivity contribution in [1.82, 2.24) is 14.8 Å². The molecule has 0 aromatic carbocycles. The van der Waals surface area contributed by atoms with Crippen LogP contribution in [0.4, 0.5) is 0 Å². The largest absolute Gasteiger partial charge is 0.463 e. The maximum absolute atomic E-state index is 11.3. The van der Waals surface area contributed by atoms with Crippen LogP contribution in [0, 0.1) is 15.4 Å². The molecule has 0 N–H and O–H groups in total. The minimum atomic E-state index is -0.314. The number of hydrogen-bond acceptors (Lipinski definition) is 6. The summed E-state index contributed by atoms with van der Waals surface area (Å²) in [6.45, 7) is 5.89. The van der Waals surface area contributed by atoms with Gasteiger partial charge in [-0.05, 0) is 44.6 Å². The normalized spacial score (nSPS) is 27.6. The number of ether oxygens (including phenoxy) is 2. The van der Waals surface area contributed by atoms with E-state index in [4.69, 9.17) is 21.1 Å². The fourth-order valence-electron chi connectivity index (χ4n) is 3.38. The molecule has 28 heavy (non-hydrogen) atoms. The van der Waals surface area contributed by atoms with Crippen LogP contribution in [0.25, 0.3) is 0 Å². The highest BCUT2D eigenvalue weighted by Crippen LogP contribution is 2.45. The first kappa shape index (κ1) is 22.3. The first-order valence-corrected chi connectivity index (χ1v) is 11.9. The van der Waals surface area contributed by atoms with Crippen molar-refractivity contribution in [3.05, 3.63) is 37.9 Å². The molecule has 1 aliphatic heterocycles. The van der Waals surface area contributed by atoms with Crippen molar-refractivity contribution >= 4 is 67.9 Å². The molecule has 0 radical (unpaired) electrons. The predicted octanol–water partition coefficient (Wildman–Crippen LogP) is 5.19. The zero-order valence-electron chi connectivity index (χ0n) is 15.5. The molecule has 10 heteroatoms. The number of carbonyl (C=O) groups excluding carboxylic acids is 1. The Hall–Kier alpha value is -0.360. The molecule has 0 amide bonds. The van der Waals surface area contributed by atoms with Crippen LogP contribution in [0.5, 0.6) is 0 Å². The number of thioether (sulfide) groups is 1. The second-order valence-electron chi connectivity index (χ2n) is 6.75. The van der Waals surface area contributed by atoms with Gasteiger partial charge in [-0.1, -0.05) is 37.2 Å². The van der Waals surface area contributed by atoms with Crippen molar-refractivity contribution in [2.24, 2.45) is 11.8 Å². The van der Waals surface area contributed by atoms with Crippen LogP contribution in [-0.2, 0) is 14.3 Å². The molecule has 3 heterocycles.